The number of rotatable bonds is 13. The average Bonchev–Trinajstić information content (AvgIpc) is 3.35. The molecule has 2 aromatic heterocycles. The summed E-state index contributed by atoms with van der Waals surface area (Å²) in [5.74, 6) is -0.678. The number of hydrogen-bond acceptors (Lipinski definition) is 8. The van der Waals surface area contributed by atoms with Crippen LogP contribution in [0.2, 0.25) is 0 Å². The van der Waals surface area contributed by atoms with Crippen molar-refractivity contribution in [2.75, 3.05) is 12.9 Å². The van der Waals surface area contributed by atoms with E-state index < -0.39 is 39.0 Å². The van der Waals surface area contributed by atoms with Crippen LogP contribution in [-0.4, -0.2) is 46.7 Å². The molecule has 224 valence electrons. The van der Waals surface area contributed by atoms with E-state index in [1.54, 1.807) is 26.0 Å². The maximum absolute atomic E-state index is 13.8. The third kappa shape index (κ3) is 6.64. The third-order valence-corrected chi connectivity index (χ3v) is 10.6. The van der Waals surface area contributed by atoms with E-state index in [1.807, 2.05) is 49.6 Å². The van der Waals surface area contributed by atoms with Crippen LogP contribution in [-0.2, 0) is 34.5 Å². The molecule has 4 aromatic rings. The van der Waals surface area contributed by atoms with Crippen LogP contribution < -0.4 is 20.7 Å². The SMILES string of the molecule is CCCOc1ccc(-c2sc3c(c2CNS(=O)(=O)C(C)C)c(=O)n(CC(=O)O)c(=O)n3Cc2ccccc2SC)cc1. The number of ether oxygens (including phenoxy) is 1. The summed E-state index contributed by atoms with van der Waals surface area (Å²) in [6.07, 6.45) is 2.76. The molecule has 0 amide bonds. The molecule has 0 fully saturated rings. The van der Waals surface area contributed by atoms with Crippen molar-refractivity contribution in [3.8, 4) is 16.2 Å². The monoisotopic (exact) mass is 631 g/mol. The van der Waals surface area contributed by atoms with Crippen LogP contribution in [0.4, 0.5) is 0 Å². The second-order valence-electron chi connectivity index (χ2n) is 9.84. The van der Waals surface area contributed by atoms with E-state index in [-0.39, 0.29) is 18.5 Å². The molecule has 0 aliphatic heterocycles. The molecule has 2 N–H and O–H groups in total. The zero-order valence-corrected chi connectivity index (χ0v) is 26.2. The van der Waals surface area contributed by atoms with Crippen molar-refractivity contribution in [2.24, 2.45) is 0 Å². The Balaban J connectivity index is 2.02. The molecular weight excluding hydrogens is 599 g/mol. The van der Waals surface area contributed by atoms with Gasteiger partial charge in [0, 0.05) is 21.9 Å². The van der Waals surface area contributed by atoms with E-state index in [0.29, 0.717) is 37.8 Å². The van der Waals surface area contributed by atoms with E-state index in [2.05, 4.69) is 4.72 Å². The van der Waals surface area contributed by atoms with Crippen molar-refractivity contribution in [1.29, 1.82) is 0 Å². The minimum absolute atomic E-state index is 0.0904. The number of thioether (sulfide) groups is 1. The zero-order valence-electron chi connectivity index (χ0n) is 23.7. The molecule has 0 aliphatic rings. The number of carboxylic acids is 1. The first-order valence-corrected chi connectivity index (χ1v) is 16.9. The second-order valence-corrected chi connectivity index (χ2v) is 14.0. The van der Waals surface area contributed by atoms with E-state index >= 15 is 0 Å². The number of aromatic nitrogens is 2. The lowest BCUT2D eigenvalue weighted by Gasteiger charge is -2.14. The summed E-state index contributed by atoms with van der Waals surface area (Å²) in [7, 11) is -3.72. The standard InChI is InChI=1S/C29H33N3O7S3/c1-5-14-39-21-12-10-19(11-13-21)26-22(15-30-42(37,38)18(2)3)25-27(35)31(17-24(33)34)29(36)32(28(25)41-26)16-20-8-6-7-9-23(20)40-4/h6-13,18,30H,5,14-17H2,1-4H3,(H,33,34). The molecular formula is C29H33N3O7S3. The predicted octanol–water partition coefficient (Wildman–Crippen LogP) is 4.36. The van der Waals surface area contributed by atoms with Crippen molar-refractivity contribution in [2.45, 2.75) is 57.0 Å². The molecule has 0 atom stereocenters. The Hall–Kier alpha value is -3.39. The van der Waals surface area contributed by atoms with Crippen molar-refractivity contribution < 1.29 is 23.1 Å². The molecule has 0 saturated carbocycles. The molecule has 13 heteroatoms. The van der Waals surface area contributed by atoms with Crippen molar-refractivity contribution in [1.82, 2.24) is 13.9 Å². The summed E-state index contributed by atoms with van der Waals surface area (Å²) in [5.41, 5.74) is 0.361. The maximum Gasteiger partial charge on any atom is 0.332 e. The zero-order chi connectivity index (χ0) is 30.6. The highest BCUT2D eigenvalue weighted by molar-refractivity contribution is 7.98. The molecule has 2 aromatic carbocycles. The van der Waals surface area contributed by atoms with Crippen LogP contribution in [0.15, 0.2) is 63.0 Å². The number of thiophene rings is 1. The fourth-order valence-corrected chi connectivity index (χ4v) is 7.00. The first-order valence-electron chi connectivity index (χ1n) is 13.3. The van der Waals surface area contributed by atoms with Crippen molar-refractivity contribution in [3.63, 3.8) is 0 Å². The Morgan fingerprint density at radius 2 is 1.79 bits per heavy atom. The predicted molar refractivity (Wildman–Crippen MR) is 167 cm³/mol. The minimum atomic E-state index is -3.72. The van der Waals surface area contributed by atoms with E-state index in [9.17, 15) is 27.9 Å². The van der Waals surface area contributed by atoms with E-state index in [4.69, 9.17) is 4.74 Å². The largest absolute Gasteiger partial charge is 0.494 e. The molecule has 0 radical (unpaired) electrons. The summed E-state index contributed by atoms with van der Waals surface area (Å²) < 4.78 is 35.9. The lowest BCUT2D eigenvalue weighted by molar-refractivity contribution is -0.137. The highest BCUT2D eigenvalue weighted by atomic mass is 32.2. The normalized spacial score (nSPS) is 11.8. The number of hydrogen-bond donors (Lipinski definition) is 2. The molecule has 0 spiro atoms. The Morgan fingerprint density at radius 3 is 2.40 bits per heavy atom. The lowest BCUT2D eigenvalue weighted by atomic mass is 10.1. The van der Waals surface area contributed by atoms with Gasteiger partial charge in [-0.05, 0) is 68.0 Å². The topological polar surface area (TPSA) is 137 Å². The molecule has 4 rings (SSSR count). The number of sulfonamides is 1. The van der Waals surface area contributed by atoms with Crippen LogP contribution in [0.3, 0.4) is 0 Å². The smallest absolute Gasteiger partial charge is 0.332 e. The highest BCUT2D eigenvalue weighted by Gasteiger charge is 2.26. The quantitative estimate of drug-likeness (QED) is 0.208. The van der Waals surface area contributed by atoms with Gasteiger partial charge in [-0.1, -0.05) is 25.1 Å². The number of aliphatic carboxylic acids is 1. The first kappa shape index (κ1) is 31.5. The number of carboxylic acid groups (broad SMARTS) is 1. The summed E-state index contributed by atoms with van der Waals surface area (Å²) in [4.78, 5) is 41.1. The van der Waals surface area contributed by atoms with Gasteiger partial charge in [-0.2, -0.15) is 0 Å². The highest BCUT2D eigenvalue weighted by Crippen LogP contribution is 2.38. The fourth-order valence-electron chi connectivity index (χ4n) is 4.40. The summed E-state index contributed by atoms with van der Waals surface area (Å²) in [6, 6.07) is 14.7. The van der Waals surface area contributed by atoms with Gasteiger partial charge in [-0.15, -0.1) is 23.1 Å². The molecule has 0 aliphatic carbocycles. The van der Waals surface area contributed by atoms with Gasteiger partial charge in [0.05, 0.1) is 23.8 Å². The van der Waals surface area contributed by atoms with Gasteiger partial charge < -0.3 is 9.84 Å². The molecule has 42 heavy (non-hydrogen) atoms. The molecule has 0 unspecified atom stereocenters. The Labute approximate surface area is 252 Å². The number of nitrogens with zero attached hydrogens (tertiary/aromatic N) is 2. The van der Waals surface area contributed by atoms with Crippen LogP contribution in [0.5, 0.6) is 5.75 Å². The van der Waals surface area contributed by atoms with Gasteiger partial charge in [0.2, 0.25) is 10.0 Å². The molecule has 0 bridgehead atoms. The first-order chi connectivity index (χ1) is 20.0. The van der Waals surface area contributed by atoms with Crippen molar-refractivity contribution >= 4 is 49.3 Å². The van der Waals surface area contributed by atoms with E-state index in [1.165, 1.54) is 27.7 Å². The van der Waals surface area contributed by atoms with E-state index in [0.717, 1.165) is 16.9 Å². The number of carbonyl (C=O) groups is 1. The average molecular weight is 632 g/mol. The number of fused-ring (bicyclic) bond motifs is 1. The van der Waals surface area contributed by atoms with Gasteiger partial charge in [0.15, 0.2) is 0 Å². The van der Waals surface area contributed by atoms with Crippen LogP contribution in [0.25, 0.3) is 20.7 Å². The van der Waals surface area contributed by atoms with Crippen LogP contribution in [0, 0.1) is 0 Å². The van der Waals surface area contributed by atoms with Gasteiger partial charge in [-0.3, -0.25) is 14.2 Å². The minimum Gasteiger partial charge on any atom is -0.494 e. The van der Waals surface area contributed by atoms with Gasteiger partial charge in [-0.25, -0.2) is 22.5 Å². The number of benzene rings is 2. The lowest BCUT2D eigenvalue weighted by Crippen LogP contribution is -2.42. The molecule has 0 saturated heterocycles. The molecule has 10 nitrogen and oxygen atoms in total. The van der Waals surface area contributed by atoms with Gasteiger partial charge in [0.25, 0.3) is 5.56 Å². The summed E-state index contributed by atoms with van der Waals surface area (Å²) >= 11 is 2.70. The Morgan fingerprint density at radius 1 is 1.10 bits per heavy atom. The van der Waals surface area contributed by atoms with Crippen molar-refractivity contribution in [3.05, 3.63) is 80.5 Å². The Bertz CT molecular complexity index is 1820. The van der Waals surface area contributed by atoms with Crippen LogP contribution >= 0.6 is 23.1 Å². The number of nitrogens with one attached hydrogen (secondary N) is 1. The van der Waals surface area contributed by atoms with Gasteiger partial charge >= 0.3 is 11.7 Å². The molecule has 2 heterocycles. The van der Waals surface area contributed by atoms with Gasteiger partial charge in [0.1, 0.15) is 17.1 Å². The summed E-state index contributed by atoms with van der Waals surface area (Å²) in [5, 5.41) is 8.94. The fraction of sp³-hybridized carbons (Fsp3) is 0.345. The van der Waals surface area contributed by atoms with Crippen LogP contribution in [0.1, 0.15) is 38.3 Å². The second kappa shape index (κ2) is 13.3. The Kier molecular flexibility index (Phi) is 9.97. The third-order valence-electron chi connectivity index (χ3n) is 6.63. The summed E-state index contributed by atoms with van der Waals surface area (Å²) in [6.45, 7) is 4.69. The maximum atomic E-state index is 13.8.